The van der Waals surface area contributed by atoms with E-state index in [4.69, 9.17) is 22.1 Å². The van der Waals surface area contributed by atoms with Gasteiger partial charge in [0.05, 0.1) is 22.7 Å². The van der Waals surface area contributed by atoms with Crippen LogP contribution in [0.4, 0.5) is 0 Å². The molecule has 1 atom stereocenters. The molecule has 8 heteroatoms. The van der Waals surface area contributed by atoms with E-state index in [1.165, 1.54) is 18.2 Å². The highest BCUT2D eigenvalue weighted by Gasteiger charge is 2.34. The molecule has 0 saturated carbocycles. The quantitative estimate of drug-likeness (QED) is 0.867. The maximum atomic E-state index is 12.6. The van der Waals surface area contributed by atoms with E-state index in [1.54, 1.807) is 0 Å². The minimum Gasteiger partial charge on any atom is -0.313 e. The van der Waals surface area contributed by atoms with Crippen LogP contribution in [0.25, 0.3) is 0 Å². The Kier molecular flexibility index (Phi) is 4.26. The van der Waals surface area contributed by atoms with Crippen molar-refractivity contribution >= 4 is 21.6 Å². The van der Waals surface area contributed by atoms with E-state index in [-0.39, 0.29) is 28.6 Å². The first kappa shape index (κ1) is 14.8. The van der Waals surface area contributed by atoms with Gasteiger partial charge in [0.1, 0.15) is 10.9 Å². The summed E-state index contributed by atoms with van der Waals surface area (Å²) < 4.78 is 26.2. The molecule has 1 aromatic rings. The molecule has 6 nitrogen and oxygen atoms in total. The monoisotopic (exact) mass is 310 g/mol. The standard InChI is InChI=1S/C12H11ClN4O2S/c13-11-5-9(6-14)1-2-12(11)20(18,19)17-4-3-16-8-10(17)7-15/h1-2,5,10,16H,3-4,8H2. The fourth-order valence-corrected chi connectivity index (χ4v) is 4.05. The Balaban J connectivity index is 2.45. The SMILES string of the molecule is N#Cc1ccc(S(=O)(=O)N2CCNCC2C#N)c(Cl)c1. The summed E-state index contributed by atoms with van der Waals surface area (Å²) in [6.07, 6.45) is 0. The second-order valence-electron chi connectivity index (χ2n) is 4.22. The Hall–Kier alpha value is -1.64. The molecule has 0 aliphatic carbocycles. The maximum absolute atomic E-state index is 12.6. The number of nitriles is 2. The van der Waals surface area contributed by atoms with Gasteiger partial charge < -0.3 is 5.32 Å². The zero-order valence-electron chi connectivity index (χ0n) is 10.4. The lowest BCUT2D eigenvalue weighted by Crippen LogP contribution is -2.52. The lowest BCUT2D eigenvalue weighted by atomic mass is 10.2. The van der Waals surface area contributed by atoms with E-state index in [2.05, 4.69) is 5.32 Å². The van der Waals surface area contributed by atoms with Crippen LogP contribution >= 0.6 is 11.6 Å². The molecule has 0 aromatic heterocycles. The van der Waals surface area contributed by atoms with Gasteiger partial charge in [0, 0.05) is 19.6 Å². The highest BCUT2D eigenvalue weighted by Crippen LogP contribution is 2.27. The number of nitrogens with one attached hydrogen (secondary N) is 1. The van der Waals surface area contributed by atoms with Crippen molar-refractivity contribution in [3.63, 3.8) is 0 Å². The predicted molar refractivity (Wildman–Crippen MR) is 72.3 cm³/mol. The summed E-state index contributed by atoms with van der Waals surface area (Å²) in [5.41, 5.74) is 0.283. The Morgan fingerprint density at radius 3 is 2.75 bits per heavy atom. The first-order valence-corrected chi connectivity index (χ1v) is 7.64. The van der Waals surface area contributed by atoms with Crippen LogP contribution in [0.5, 0.6) is 0 Å². The maximum Gasteiger partial charge on any atom is 0.245 e. The minimum atomic E-state index is -3.85. The number of halogens is 1. The first-order chi connectivity index (χ1) is 9.50. The molecule has 20 heavy (non-hydrogen) atoms. The van der Waals surface area contributed by atoms with Gasteiger partial charge in [0.25, 0.3) is 0 Å². The predicted octanol–water partition coefficient (Wildman–Crippen LogP) is 0.698. The number of benzene rings is 1. The van der Waals surface area contributed by atoms with Gasteiger partial charge in [-0.15, -0.1) is 0 Å². The van der Waals surface area contributed by atoms with Gasteiger partial charge >= 0.3 is 0 Å². The number of piperazine rings is 1. The number of nitrogens with zero attached hydrogens (tertiary/aromatic N) is 3. The van der Waals surface area contributed by atoms with Crippen LogP contribution in [0.3, 0.4) is 0 Å². The average Bonchev–Trinajstić information content (AvgIpc) is 2.46. The highest BCUT2D eigenvalue weighted by atomic mass is 35.5. The zero-order chi connectivity index (χ0) is 14.8. The van der Waals surface area contributed by atoms with Crippen LogP contribution in [0.1, 0.15) is 5.56 Å². The zero-order valence-corrected chi connectivity index (χ0v) is 11.9. The Morgan fingerprint density at radius 1 is 1.40 bits per heavy atom. The molecule has 1 aliphatic heterocycles. The van der Waals surface area contributed by atoms with Gasteiger partial charge in [0.15, 0.2) is 0 Å². The molecule has 0 bridgehead atoms. The number of rotatable bonds is 2. The van der Waals surface area contributed by atoms with Gasteiger partial charge in [-0.05, 0) is 18.2 Å². The van der Waals surface area contributed by atoms with Crippen LogP contribution in [-0.2, 0) is 10.0 Å². The molecule has 1 N–H and O–H groups in total. The lowest BCUT2D eigenvalue weighted by molar-refractivity contribution is 0.312. The van der Waals surface area contributed by atoms with Crippen molar-refractivity contribution in [2.24, 2.45) is 0 Å². The molecule has 1 heterocycles. The third kappa shape index (κ3) is 2.62. The summed E-state index contributed by atoms with van der Waals surface area (Å²) in [6.45, 7) is 0.964. The summed E-state index contributed by atoms with van der Waals surface area (Å²) in [4.78, 5) is -0.0830. The van der Waals surface area contributed by atoms with Gasteiger partial charge in [-0.25, -0.2) is 8.42 Å². The third-order valence-electron chi connectivity index (χ3n) is 2.99. The van der Waals surface area contributed by atoms with Crippen molar-refractivity contribution in [1.82, 2.24) is 9.62 Å². The molecule has 104 valence electrons. The highest BCUT2D eigenvalue weighted by molar-refractivity contribution is 7.89. The second kappa shape index (κ2) is 5.78. The average molecular weight is 311 g/mol. The largest absolute Gasteiger partial charge is 0.313 e. The molecule has 1 aliphatic rings. The smallest absolute Gasteiger partial charge is 0.245 e. The van der Waals surface area contributed by atoms with E-state index < -0.39 is 16.1 Å². The molecule has 1 unspecified atom stereocenters. The molecule has 0 radical (unpaired) electrons. The summed E-state index contributed by atoms with van der Waals surface area (Å²) in [5, 5.41) is 20.8. The lowest BCUT2D eigenvalue weighted by Gasteiger charge is -2.31. The molecular formula is C12H11ClN4O2S. The van der Waals surface area contributed by atoms with Crippen molar-refractivity contribution in [3.8, 4) is 12.1 Å². The van der Waals surface area contributed by atoms with Gasteiger partial charge in [0.2, 0.25) is 10.0 Å². The normalized spacial score (nSPS) is 20.1. The summed E-state index contributed by atoms with van der Waals surface area (Å²) in [5.74, 6) is 0. The number of hydrogen-bond acceptors (Lipinski definition) is 5. The Bertz CT molecular complexity index is 705. The summed E-state index contributed by atoms with van der Waals surface area (Å²) >= 11 is 5.95. The van der Waals surface area contributed by atoms with E-state index in [0.717, 1.165) is 4.31 Å². The third-order valence-corrected chi connectivity index (χ3v) is 5.38. The molecule has 1 aromatic carbocycles. The molecule has 0 spiro atoms. The fourth-order valence-electron chi connectivity index (χ4n) is 1.99. The minimum absolute atomic E-state index is 0.0146. The van der Waals surface area contributed by atoms with Crippen LogP contribution in [0.2, 0.25) is 5.02 Å². The number of sulfonamides is 1. The molecular weight excluding hydrogens is 300 g/mol. The Labute approximate surface area is 122 Å². The summed E-state index contributed by atoms with van der Waals surface area (Å²) in [7, 11) is -3.85. The van der Waals surface area contributed by atoms with Crippen molar-refractivity contribution in [2.45, 2.75) is 10.9 Å². The topological polar surface area (TPSA) is 97.0 Å². The first-order valence-electron chi connectivity index (χ1n) is 5.82. The van der Waals surface area contributed by atoms with E-state index >= 15 is 0 Å². The van der Waals surface area contributed by atoms with E-state index in [9.17, 15) is 8.42 Å². The molecule has 2 rings (SSSR count). The van der Waals surface area contributed by atoms with Crippen molar-refractivity contribution in [3.05, 3.63) is 28.8 Å². The Morgan fingerprint density at radius 2 is 2.15 bits per heavy atom. The number of hydrogen-bond donors (Lipinski definition) is 1. The fraction of sp³-hybridized carbons (Fsp3) is 0.333. The van der Waals surface area contributed by atoms with Crippen molar-refractivity contribution in [2.75, 3.05) is 19.6 Å². The van der Waals surface area contributed by atoms with Gasteiger partial charge in [-0.2, -0.15) is 14.8 Å². The molecule has 1 saturated heterocycles. The summed E-state index contributed by atoms with van der Waals surface area (Å²) in [6, 6.07) is 7.08. The van der Waals surface area contributed by atoms with E-state index in [0.29, 0.717) is 6.54 Å². The van der Waals surface area contributed by atoms with Crippen LogP contribution < -0.4 is 5.32 Å². The molecule has 0 amide bonds. The second-order valence-corrected chi connectivity index (χ2v) is 6.49. The van der Waals surface area contributed by atoms with Crippen LogP contribution in [-0.4, -0.2) is 38.4 Å². The van der Waals surface area contributed by atoms with Crippen LogP contribution in [0, 0.1) is 22.7 Å². The van der Waals surface area contributed by atoms with Crippen molar-refractivity contribution < 1.29 is 8.42 Å². The van der Waals surface area contributed by atoms with Gasteiger partial charge in [-0.3, -0.25) is 0 Å². The van der Waals surface area contributed by atoms with Crippen LogP contribution in [0.15, 0.2) is 23.1 Å². The molecule has 1 fully saturated rings. The van der Waals surface area contributed by atoms with Crippen molar-refractivity contribution in [1.29, 1.82) is 10.5 Å². The van der Waals surface area contributed by atoms with Gasteiger partial charge in [-0.1, -0.05) is 11.6 Å². The van der Waals surface area contributed by atoms with E-state index in [1.807, 2.05) is 12.1 Å².